The van der Waals surface area contributed by atoms with Crippen molar-refractivity contribution in [3.05, 3.63) is 22.8 Å². The van der Waals surface area contributed by atoms with Crippen LogP contribution in [0.5, 0.6) is 5.88 Å². The van der Waals surface area contributed by atoms with Gasteiger partial charge in [0, 0.05) is 12.6 Å². The van der Waals surface area contributed by atoms with Crippen molar-refractivity contribution in [3.63, 3.8) is 0 Å². The molecular weight excluding hydrogens is 218 g/mol. The molecule has 0 N–H and O–H groups in total. The first-order valence-corrected chi connectivity index (χ1v) is 4.30. The van der Waals surface area contributed by atoms with Crippen molar-refractivity contribution in [2.75, 3.05) is 6.61 Å². The number of aromatic nitrogens is 1. The first-order valence-electron chi connectivity index (χ1n) is 3.51. The molecule has 0 saturated carbocycles. The summed E-state index contributed by atoms with van der Waals surface area (Å²) < 4.78 is 6.13. The van der Waals surface area contributed by atoms with Crippen LogP contribution in [-0.4, -0.2) is 11.6 Å². The Hall–Kier alpha value is -1.01. The summed E-state index contributed by atoms with van der Waals surface area (Å²) >= 11 is 3.31. The number of pyridine rings is 1. The third-order valence-corrected chi connectivity index (χ3v) is 1.81. The Morgan fingerprint density at radius 1 is 1.67 bits per heavy atom. The molecule has 0 radical (unpaired) electrons. The number of nitrogens with zero attached hydrogens (tertiary/aromatic N) is 1. The maximum Gasteiger partial charge on any atom is 0.227 e. The molecule has 0 aliphatic heterocycles. The third-order valence-electron chi connectivity index (χ3n) is 1.21. The maximum atomic E-state index is 5.28. The normalized spacial score (nSPS) is 9.00. The Morgan fingerprint density at radius 2 is 2.50 bits per heavy atom. The van der Waals surface area contributed by atoms with Crippen LogP contribution in [0.3, 0.4) is 0 Å². The molecule has 0 aliphatic carbocycles. The van der Waals surface area contributed by atoms with Gasteiger partial charge in [0.1, 0.15) is 6.61 Å². The standard InChI is InChI=1S/C9H8BrNO/c1-2-3-7-12-9-8(10)5-4-6-11-9/h1,4-6H,3,7H2. The monoisotopic (exact) mass is 225 g/mol. The molecule has 0 spiro atoms. The van der Waals surface area contributed by atoms with Gasteiger partial charge < -0.3 is 4.74 Å². The van der Waals surface area contributed by atoms with Gasteiger partial charge in [0.05, 0.1) is 4.47 Å². The smallest absolute Gasteiger partial charge is 0.227 e. The Labute approximate surface area is 80.1 Å². The highest BCUT2D eigenvalue weighted by atomic mass is 79.9. The van der Waals surface area contributed by atoms with Gasteiger partial charge in [-0.25, -0.2) is 4.98 Å². The van der Waals surface area contributed by atoms with Gasteiger partial charge >= 0.3 is 0 Å². The van der Waals surface area contributed by atoms with E-state index in [2.05, 4.69) is 26.8 Å². The fourth-order valence-electron chi connectivity index (χ4n) is 0.684. The molecule has 1 aromatic heterocycles. The molecular formula is C9H8BrNO. The van der Waals surface area contributed by atoms with E-state index < -0.39 is 0 Å². The van der Waals surface area contributed by atoms with Crippen LogP contribution in [0.15, 0.2) is 22.8 Å². The number of hydrogen-bond donors (Lipinski definition) is 0. The largest absolute Gasteiger partial charge is 0.476 e. The van der Waals surface area contributed by atoms with Gasteiger partial charge in [-0.3, -0.25) is 0 Å². The van der Waals surface area contributed by atoms with Crippen LogP contribution in [0.25, 0.3) is 0 Å². The van der Waals surface area contributed by atoms with E-state index in [1.165, 1.54) is 0 Å². The van der Waals surface area contributed by atoms with Gasteiger partial charge in [-0.15, -0.1) is 12.3 Å². The molecule has 0 saturated heterocycles. The summed E-state index contributed by atoms with van der Waals surface area (Å²) in [5, 5.41) is 0. The fraction of sp³-hybridized carbons (Fsp3) is 0.222. The molecule has 3 heteroatoms. The Balaban J connectivity index is 2.53. The first-order chi connectivity index (χ1) is 5.84. The summed E-state index contributed by atoms with van der Waals surface area (Å²) in [4.78, 5) is 4.01. The van der Waals surface area contributed by atoms with E-state index in [0.717, 1.165) is 4.47 Å². The predicted octanol–water partition coefficient (Wildman–Crippen LogP) is 2.25. The van der Waals surface area contributed by atoms with E-state index in [9.17, 15) is 0 Å². The molecule has 0 atom stereocenters. The van der Waals surface area contributed by atoms with Crippen LogP contribution in [0, 0.1) is 12.3 Å². The Kier molecular flexibility index (Phi) is 3.62. The van der Waals surface area contributed by atoms with Crippen LogP contribution in [0.2, 0.25) is 0 Å². The van der Waals surface area contributed by atoms with Crippen molar-refractivity contribution in [2.45, 2.75) is 6.42 Å². The Bertz CT molecular complexity index is 293. The van der Waals surface area contributed by atoms with Crippen molar-refractivity contribution < 1.29 is 4.74 Å². The second-order valence-corrected chi connectivity index (χ2v) is 2.95. The molecule has 0 aromatic carbocycles. The lowest BCUT2D eigenvalue weighted by molar-refractivity contribution is 0.312. The molecule has 1 aromatic rings. The van der Waals surface area contributed by atoms with E-state index in [1.54, 1.807) is 6.20 Å². The van der Waals surface area contributed by atoms with E-state index >= 15 is 0 Å². The average molecular weight is 226 g/mol. The lowest BCUT2D eigenvalue weighted by atomic mass is 10.5. The Morgan fingerprint density at radius 3 is 3.17 bits per heavy atom. The van der Waals surface area contributed by atoms with Crippen LogP contribution < -0.4 is 4.74 Å². The van der Waals surface area contributed by atoms with Crippen LogP contribution in [0.1, 0.15) is 6.42 Å². The van der Waals surface area contributed by atoms with Crippen LogP contribution in [-0.2, 0) is 0 Å². The van der Waals surface area contributed by atoms with E-state index in [1.807, 2.05) is 12.1 Å². The first kappa shape index (κ1) is 9.08. The average Bonchev–Trinajstić information content (AvgIpc) is 2.09. The topological polar surface area (TPSA) is 22.1 Å². The SMILES string of the molecule is C#CCCOc1ncccc1Br. The zero-order valence-corrected chi connectivity index (χ0v) is 8.04. The molecule has 12 heavy (non-hydrogen) atoms. The van der Waals surface area contributed by atoms with Crippen molar-refractivity contribution in [2.24, 2.45) is 0 Å². The molecule has 0 aliphatic rings. The number of halogens is 1. The van der Waals surface area contributed by atoms with Gasteiger partial charge in [-0.2, -0.15) is 0 Å². The van der Waals surface area contributed by atoms with Crippen molar-refractivity contribution in [1.82, 2.24) is 4.98 Å². The van der Waals surface area contributed by atoms with Gasteiger partial charge in [-0.05, 0) is 28.1 Å². The lowest BCUT2D eigenvalue weighted by Crippen LogP contribution is -1.97. The molecule has 0 fully saturated rings. The zero-order chi connectivity index (χ0) is 8.81. The van der Waals surface area contributed by atoms with Gasteiger partial charge in [0.25, 0.3) is 0 Å². The summed E-state index contributed by atoms with van der Waals surface area (Å²) in [5.41, 5.74) is 0. The molecule has 0 bridgehead atoms. The zero-order valence-electron chi connectivity index (χ0n) is 6.46. The summed E-state index contributed by atoms with van der Waals surface area (Å²) in [6, 6.07) is 3.70. The number of ether oxygens (including phenoxy) is 1. The number of terminal acetylenes is 1. The second kappa shape index (κ2) is 4.78. The van der Waals surface area contributed by atoms with Crippen molar-refractivity contribution in [1.29, 1.82) is 0 Å². The van der Waals surface area contributed by atoms with E-state index in [-0.39, 0.29) is 0 Å². The number of hydrogen-bond acceptors (Lipinski definition) is 2. The molecule has 1 rings (SSSR count). The minimum absolute atomic E-state index is 0.506. The summed E-state index contributed by atoms with van der Waals surface area (Å²) in [6.07, 6.45) is 7.35. The van der Waals surface area contributed by atoms with Crippen molar-refractivity contribution >= 4 is 15.9 Å². The highest BCUT2D eigenvalue weighted by molar-refractivity contribution is 9.10. The molecule has 0 amide bonds. The molecule has 0 unspecified atom stereocenters. The van der Waals surface area contributed by atoms with Crippen LogP contribution >= 0.6 is 15.9 Å². The van der Waals surface area contributed by atoms with Gasteiger partial charge in [-0.1, -0.05) is 0 Å². The van der Waals surface area contributed by atoms with E-state index in [0.29, 0.717) is 18.9 Å². The summed E-state index contributed by atoms with van der Waals surface area (Å²) in [6.45, 7) is 0.506. The maximum absolute atomic E-state index is 5.28. The quantitative estimate of drug-likeness (QED) is 0.582. The van der Waals surface area contributed by atoms with Crippen LogP contribution in [0.4, 0.5) is 0 Å². The summed E-state index contributed by atoms with van der Waals surface area (Å²) in [5.74, 6) is 3.08. The second-order valence-electron chi connectivity index (χ2n) is 2.09. The predicted molar refractivity (Wildman–Crippen MR) is 50.9 cm³/mol. The third kappa shape index (κ3) is 2.55. The minimum atomic E-state index is 0.506. The molecule has 1 heterocycles. The number of rotatable bonds is 3. The fourth-order valence-corrected chi connectivity index (χ4v) is 1.05. The highest BCUT2D eigenvalue weighted by Gasteiger charge is 1.98. The van der Waals surface area contributed by atoms with Gasteiger partial charge in [0.15, 0.2) is 0 Å². The van der Waals surface area contributed by atoms with Gasteiger partial charge in [0.2, 0.25) is 5.88 Å². The lowest BCUT2D eigenvalue weighted by Gasteiger charge is -2.03. The summed E-state index contributed by atoms with van der Waals surface area (Å²) in [7, 11) is 0. The van der Waals surface area contributed by atoms with E-state index in [4.69, 9.17) is 11.2 Å². The molecule has 62 valence electrons. The minimum Gasteiger partial charge on any atom is -0.476 e. The van der Waals surface area contributed by atoms with Crippen molar-refractivity contribution in [3.8, 4) is 18.2 Å². The molecule has 2 nitrogen and oxygen atoms in total. The highest BCUT2D eigenvalue weighted by Crippen LogP contribution is 2.20.